The maximum Gasteiger partial charge on any atom is 0.0700 e. The molecule has 1 N–H and O–H groups in total. The number of aliphatic hydroxyl groups is 1. The number of methoxy groups -OCH3 is 1. The average molecular weight is 256 g/mol. The highest BCUT2D eigenvalue weighted by molar-refractivity contribution is 5.01. The highest BCUT2D eigenvalue weighted by atomic mass is 16.5. The van der Waals surface area contributed by atoms with E-state index in [9.17, 15) is 5.11 Å². The normalized spacial score (nSPS) is 13.2. The van der Waals surface area contributed by atoms with Crippen molar-refractivity contribution < 1.29 is 14.6 Å². The molecule has 1 unspecified atom stereocenters. The second-order valence-electron chi connectivity index (χ2n) is 4.63. The number of aromatic nitrogens is 2. The molecule has 0 spiro atoms. The maximum absolute atomic E-state index is 9.85. The van der Waals surface area contributed by atoms with Gasteiger partial charge in [0.1, 0.15) is 0 Å². The molecule has 1 heterocycles. The van der Waals surface area contributed by atoms with Gasteiger partial charge in [-0.05, 0) is 26.3 Å². The first-order valence-corrected chi connectivity index (χ1v) is 6.42. The Bertz CT molecular complexity index is 326. The summed E-state index contributed by atoms with van der Waals surface area (Å²) in [4.78, 5) is 0. The Labute approximate surface area is 109 Å². The number of rotatable bonds is 9. The van der Waals surface area contributed by atoms with Crippen LogP contribution in [0.5, 0.6) is 0 Å². The van der Waals surface area contributed by atoms with Gasteiger partial charge < -0.3 is 14.6 Å². The summed E-state index contributed by atoms with van der Waals surface area (Å²) in [5.41, 5.74) is 0.924. The van der Waals surface area contributed by atoms with Crippen LogP contribution in [0.2, 0.25) is 0 Å². The first-order valence-electron chi connectivity index (χ1n) is 6.42. The molecule has 0 fully saturated rings. The van der Waals surface area contributed by atoms with Crippen LogP contribution in [0.15, 0.2) is 12.3 Å². The van der Waals surface area contributed by atoms with Crippen LogP contribution in [0, 0.1) is 0 Å². The molecule has 5 heteroatoms. The van der Waals surface area contributed by atoms with Crippen molar-refractivity contribution in [2.45, 2.75) is 38.8 Å². The van der Waals surface area contributed by atoms with Gasteiger partial charge in [0.25, 0.3) is 0 Å². The summed E-state index contributed by atoms with van der Waals surface area (Å²) in [7, 11) is 1.64. The monoisotopic (exact) mass is 256 g/mol. The smallest absolute Gasteiger partial charge is 0.0700 e. The van der Waals surface area contributed by atoms with Crippen molar-refractivity contribution in [1.82, 2.24) is 9.78 Å². The van der Waals surface area contributed by atoms with Gasteiger partial charge in [-0.1, -0.05) is 0 Å². The average Bonchev–Trinajstić information content (AvgIpc) is 2.77. The van der Waals surface area contributed by atoms with E-state index in [1.165, 1.54) is 0 Å². The quantitative estimate of drug-likeness (QED) is 0.679. The van der Waals surface area contributed by atoms with Gasteiger partial charge in [0.15, 0.2) is 0 Å². The molecule has 0 saturated carbocycles. The topological polar surface area (TPSA) is 56.5 Å². The Morgan fingerprint density at radius 3 is 2.72 bits per heavy atom. The molecule has 0 aromatic carbocycles. The second kappa shape index (κ2) is 8.24. The Morgan fingerprint density at radius 2 is 2.11 bits per heavy atom. The minimum absolute atomic E-state index is 0.355. The fourth-order valence-electron chi connectivity index (χ4n) is 1.58. The van der Waals surface area contributed by atoms with Crippen molar-refractivity contribution in [1.29, 1.82) is 0 Å². The van der Waals surface area contributed by atoms with Gasteiger partial charge in [-0.3, -0.25) is 4.68 Å². The summed E-state index contributed by atoms with van der Waals surface area (Å²) < 4.78 is 12.1. The molecule has 0 bridgehead atoms. The van der Waals surface area contributed by atoms with Gasteiger partial charge in [-0.2, -0.15) is 5.10 Å². The predicted octanol–water partition coefficient (Wildman–Crippen LogP) is 1.42. The van der Waals surface area contributed by atoms with Crippen molar-refractivity contribution in [2.24, 2.45) is 0 Å². The zero-order valence-corrected chi connectivity index (χ0v) is 11.5. The Hall–Kier alpha value is -0.910. The highest BCUT2D eigenvalue weighted by Crippen LogP contribution is 2.07. The predicted molar refractivity (Wildman–Crippen MR) is 69.6 cm³/mol. The molecular weight excluding hydrogens is 232 g/mol. The summed E-state index contributed by atoms with van der Waals surface area (Å²) in [6, 6.07) is 2.31. The first kappa shape index (κ1) is 15.1. The van der Waals surface area contributed by atoms with E-state index < -0.39 is 6.10 Å². The molecule has 0 radical (unpaired) electrons. The first-order chi connectivity index (χ1) is 8.63. The molecule has 0 aliphatic carbocycles. The lowest BCUT2D eigenvalue weighted by Gasteiger charge is -2.09. The van der Waals surface area contributed by atoms with Gasteiger partial charge in [0, 0.05) is 32.4 Å². The van der Waals surface area contributed by atoms with Gasteiger partial charge in [0.2, 0.25) is 0 Å². The van der Waals surface area contributed by atoms with Crippen LogP contribution >= 0.6 is 0 Å². The molecule has 1 aromatic rings. The molecule has 0 saturated heterocycles. The molecule has 104 valence electrons. The Morgan fingerprint density at radius 1 is 1.33 bits per heavy atom. The largest absolute Gasteiger partial charge is 0.393 e. The van der Waals surface area contributed by atoms with Crippen LogP contribution < -0.4 is 0 Å². The van der Waals surface area contributed by atoms with Crippen molar-refractivity contribution >= 4 is 0 Å². The molecule has 1 aromatic heterocycles. The summed E-state index contributed by atoms with van der Waals surface area (Å²) in [6.07, 6.45) is 2.75. The zero-order valence-electron chi connectivity index (χ0n) is 11.5. The minimum Gasteiger partial charge on any atom is -0.393 e. The van der Waals surface area contributed by atoms with Crippen molar-refractivity contribution in [2.75, 3.05) is 26.9 Å². The van der Waals surface area contributed by atoms with Gasteiger partial charge in [-0.15, -0.1) is 0 Å². The van der Waals surface area contributed by atoms with E-state index in [4.69, 9.17) is 9.47 Å². The van der Waals surface area contributed by atoms with Crippen LogP contribution in [0.4, 0.5) is 0 Å². The Kier molecular flexibility index (Phi) is 6.93. The molecule has 5 nitrogen and oxygen atoms in total. The van der Waals surface area contributed by atoms with Crippen molar-refractivity contribution in [3.05, 3.63) is 18.0 Å². The number of hydrogen-bond donors (Lipinski definition) is 1. The standard InChI is InChI=1S/C13H24N2O3/c1-11(2)15-6-4-12(14-15)10-13(16)5-7-18-9-8-17-3/h4,6,11,13,16H,5,7-10H2,1-3H3. The van der Waals surface area contributed by atoms with E-state index in [1.807, 2.05) is 16.9 Å². The lowest BCUT2D eigenvalue weighted by Crippen LogP contribution is -2.15. The van der Waals surface area contributed by atoms with Crippen LogP contribution in [0.1, 0.15) is 32.0 Å². The van der Waals surface area contributed by atoms with E-state index in [0.29, 0.717) is 38.7 Å². The summed E-state index contributed by atoms with van der Waals surface area (Å²) in [6.45, 7) is 5.88. The van der Waals surface area contributed by atoms with E-state index in [-0.39, 0.29) is 0 Å². The fourth-order valence-corrected chi connectivity index (χ4v) is 1.58. The third-order valence-electron chi connectivity index (χ3n) is 2.66. The summed E-state index contributed by atoms with van der Waals surface area (Å²) >= 11 is 0. The number of aliphatic hydroxyl groups excluding tert-OH is 1. The van der Waals surface area contributed by atoms with Crippen LogP contribution in [-0.4, -0.2) is 47.9 Å². The van der Waals surface area contributed by atoms with Gasteiger partial charge in [0.05, 0.1) is 25.0 Å². The van der Waals surface area contributed by atoms with E-state index in [2.05, 4.69) is 18.9 Å². The van der Waals surface area contributed by atoms with Crippen LogP contribution in [-0.2, 0) is 15.9 Å². The summed E-state index contributed by atoms with van der Waals surface area (Å²) in [5.74, 6) is 0. The highest BCUT2D eigenvalue weighted by Gasteiger charge is 2.09. The van der Waals surface area contributed by atoms with E-state index in [0.717, 1.165) is 5.69 Å². The summed E-state index contributed by atoms with van der Waals surface area (Å²) in [5, 5.41) is 14.2. The maximum atomic E-state index is 9.85. The molecule has 1 atom stereocenters. The molecule has 0 amide bonds. The van der Waals surface area contributed by atoms with E-state index >= 15 is 0 Å². The SMILES string of the molecule is COCCOCCC(O)Cc1ccn(C(C)C)n1. The lowest BCUT2D eigenvalue weighted by molar-refractivity contribution is 0.0477. The second-order valence-corrected chi connectivity index (χ2v) is 4.63. The third kappa shape index (κ3) is 5.62. The molecule has 0 aliphatic heterocycles. The third-order valence-corrected chi connectivity index (χ3v) is 2.66. The molecular formula is C13H24N2O3. The molecule has 1 rings (SSSR count). The number of ether oxygens (including phenoxy) is 2. The van der Waals surface area contributed by atoms with Crippen molar-refractivity contribution in [3.63, 3.8) is 0 Å². The lowest BCUT2D eigenvalue weighted by atomic mass is 10.1. The molecule has 0 aliphatic rings. The van der Waals surface area contributed by atoms with Gasteiger partial charge in [-0.25, -0.2) is 0 Å². The van der Waals surface area contributed by atoms with Crippen molar-refractivity contribution in [3.8, 4) is 0 Å². The number of hydrogen-bond acceptors (Lipinski definition) is 4. The van der Waals surface area contributed by atoms with Crippen LogP contribution in [0.25, 0.3) is 0 Å². The number of nitrogens with zero attached hydrogens (tertiary/aromatic N) is 2. The Balaban J connectivity index is 2.20. The fraction of sp³-hybridized carbons (Fsp3) is 0.769. The van der Waals surface area contributed by atoms with E-state index in [1.54, 1.807) is 7.11 Å². The van der Waals surface area contributed by atoms with Gasteiger partial charge >= 0.3 is 0 Å². The zero-order chi connectivity index (χ0) is 13.4. The van der Waals surface area contributed by atoms with Crippen LogP contribution in [0.3, 0.4) is 0 Å². The minimum atomic E-state index is -0.400. The molecule has 18 heavy (non-hydrogen) atoms.